The van der Waals surface area contributed by atoms with Crippen molar-refractivity contribution in [3.63, 3.8) is 0 Å². The Balaban J connectivity index is 0.00000128. The highest BCUT2D eigenvalue weighted by molar-refractivity contribution is 5.85. The van der Waals surface area contributed by atoms with Gasteiger partial charge in [-0.1, -0.05) is 12.1 Å². The van der Waals surface area contributed by atoms with Crippen LogP contribution >= 0.6 is 12.4 Å². The van der Waals surface area contributed by atoms with Gasteiger partial charge in [-0.3, -0.25) is 0 Å². The Morgan fingerprint density at radius 3 is 2.44 bits per heavy atom. The first-order chi connectivity index (χ1) is 7.04. The standard InChI is InChI=1S/C10H10F3NO.ClH/c11-10(12,13)15-9-3-1-2-7(4-9)8-5-14-6-8;/h1-4,8,14H,5-6H2;1H. The van der Waals surface area contributed by atoms with Crippen molar-refractivity contribution in [3.8, 4) is 5.75 Å². The molecule has 1 aliphatic rings. The number of benzene rings is 1. The summed E-state index contributed by atoms with van der Waals surface area (Å²) < 4.78 is 39.6. The van der Waals surface area contributed by atoms with Crippen LogP contribution < -0.4 is 10.1 Å². The van der Waals surface area contributed by atoms with Gasteiger partial charge in [0.15, 0.2) is 0 Å². The summed E-state index contributed by atoms with van der Waals surface area (Å²) in [6.45, 7) is 1.63. The number of rotatable bonds is 2. The van der Waals surface area contributed by atoms with Crippen LogP contribution in [-0.4, -0.2) is 19.5 Å². The van der Waals surface area contributed by atoms with Gasteiger partial charge in [0, 0.05) is 19.0 Å². The molecule has 0 aromatic heterocycles. The van der Waals surface area contributed by atoms with Crippen molar-refractivity contribution >= 4 is 12.4 Å². The number of hydrogen-bond acceptors (Lipinski definition) is 2. The molecule has 1 N–H and O–H groups in total. The van der Waals surface area contributed by atoms with E-state index in [2.05, 4.69) is 10.1 Å². The molecule has 0 radical (unpaired) electrons. The van der Waals surface area contributed by atoms with E-state index in [-0.39, 0.29) is 18.2 Å². The van der Waals surface area contributed by atoms with Gasteiger partial charge >= 0.3 is 6.36 Å². The summed E-state index contributed by atoms with van der Waals surface area (Å²) in [5.74, 6) is 0.161. The molecule has 90 valence electrons. The first kappa shape index (κ1) is 13.1. The fourth-order valence-corrected chi connectivity index (χ4v) is 1.49. The second kappa shape index (κ2) is 4.93. The maximum Gasteiger partial charge on any atom is 0.573 e. The molecule has 1 aliphatic heterocycles. The molecule has 0 unspecified atom stereocenters. The number of alkyl halides is 3. The number of nitrogens with one attached hydrogen (secondary N) is 1. The Bertz CT molecular complexity index is 352. The van der Waals surface area contributed by atoms with Crippen molar-refractivity contribution in [3.05, 3.63) is 29.8 Å². The minimum absolute atomic E-state index is 0. The van der Waals surface area contributed by atoms with E-state index >= 15 is 0 Å². The molecule has 0 bridgehead atoms. The van der Waals surface area contributed by atoms with Gasteiger partial charge in [-0.25, -0.2) is 0 Å². The number of halogens is 4. The van der Waals surface area contributed by atoms with Crippen LogP contribution in [0.25, 0.3) is 0 Å². The smallest absolute Gasteiger partial charge is 0.406 e. The normalized spacial score (nSPS) is 16.2. The second-order valence-corrected chi connectivity index (χ2v) is 3.48. The molecular formula is C10H11ClF3NO. The van der Waals surface area contributed by atoms with Crippen LogP contribution in [0.3, 0.4) is 0 Å². The molecule has 16 heavy (non-hydrogen) atoms. The van der Waals surface area contributed by atoms with Crippen LogP contribution in [0.5, 0.6) is 5.75 Å². The fraction of sp³-hybridized carbons (Fsp3) is 0.400. The average Bonchev–Trinajstić information content (AvgIpc) is 1.97. The van der Waals surface area contributed by atoms with E-state index < -0.39 is 6.36 Å². The van der Waals surface area contributed by atoms with Gasteiger partial charge in [-0.05, 0) is 17.7 Å². The third-order valence-electron chi connectivity index (χ3n) is 2.34. The molecule has 0 aliphatic carbocycles. The summed E-state index contributed by atoms with van der Waals surface area (Å²) in [5, 5.41) is 3.06. The Labute approximate surface area is 97.2 Å². The molecule has 1 aromatic rings. The third kappa shape index (κ3) is 3.28. The zero-order valence-corrected chi connectivity index (χ0v) is 9.07. The van der Waals surface area contributed by atoms with Crippen LogP contribution in [0.4, 0.5) is 13.2 Å². The van der Waals surface area contributed by atoms with E-state index in [9.17, 15) is 13.2 Å². The molecule has 0 spiro atoms. The zero-order chi connectivity index (χ0) is 10.9. The molecule has 2 rings (SSSR count). The number of ether oxygens (including phenoxy) is 1. The maximum atomic E-state index is 11.9. The lowest BCUT2D eigenvalue weighted by molar-refractivity contribution is -0.274. The molecule has 0 atom stereocenters. The minimum Gasteiger partial charge on any atom is -0.406 e. The monoisotopic (exact) mass is 253 g/mol. The molecule has 0 amide bonds. The van der Waals surface area contributed by atoms with Gasteiger partial charge < -0.3 is 10.1 Å². The minimum atomic E-state index is -4.61. The molecule has 1 aromatic carbocycles. The Hall–Kier alpha value is -0.940. The lowest BCUT2D eigenvalue weighted by Crippen LogP contribution is -2.39. The van der Waals surface area contributed by atoms with Gasteiger partial charge in [0.05, 0.1) is 0 Å². The summed E-state index contributed by atoms with van der Waals surface area (Å²) >= 11 is 0. The van der Waals surface area contributed by atoms with Gasteiger partial charge in [-0.2, -0.15) is 0 Å². The molecule has 1 heterocycles. The summed E-state index contributed by atoms with van der Waals surface area (Å²) in [5.41, 5.74) is 0.885. The first-order valence-corrected chi connectivity index (χ1v) is 4.61. The highest BCUT2D eigenvalue weighted by Crippen LogP contribution is 2.27. The van der Waals surface area contributed by atoms with E-state index in [4.69, 9.17) is 0 Å². The number of hydrogen-bond donors (Lipinski definition) is 1. The lowest BCUT2D eigenvalue weighted by Gasteiger charge is -2.27. The van der Waals surface area contributed by atoms with Crippen LogP contribution in [0.15, 0.2) is 24.3 Å². The summed E-state index contributed by atoms with van der Waals surface area (Å²) in [4.78, 5) is 0. The zero-order valence-electron chi connectivity index (χ0n) is 8.25. The van der Waals surface area contributed by atoms with E-state index in [0.29, 0.717) is 5.92 Å². The van der Waals surface area contributed by atoms with E-state index in [1.807, 2.05) is 6.07 Å². The average molecular weight is 254 g/mol. The Morgan fingerprint density at radius 2 is 1.94 bits per heavy atom. The van der Waals surface area contributed by atoms with Crippen molar-refractivity contribution in [1.82, 2.24) is 5.32 Å². The highest BCUT2D eigenvalue weighted by Gasteiger charge is 2.31. The topological polar surface area (TPSA) is 21.3 Å². The van der Waals surface area contributed by atoms with Crippen molar-refractivity contribution in [2.45, 2.75) is 12.3 Å². The Kier molecular flexibility index (Phi) is 4.04. The van der Waals surface area contributed by atoms with Crippen LogP contribution in [-0.2, 0) is 0 Å². The molecule has 1 fully saturated rings. The van der Waals surface area contributed by atoms with Gasteiger partial charge in [-0.15, -0.1) is 25.6 Å². The van der Waals surface area contributed by atoms with Gasteiger partial charge in [0.25, 0.3) is 0 Å². The van der Waals surface area contributed by atoms with E-state index in [0.717, 1.165) is 18.7 Å². The van der Waals surface area contributed by atoms with Crippen molar-refractivity contribution in [2.24, 2.45) is 0 Å². The molecule has 6 heteroatoms. The fourth-order valence-electron chi connectivity index (χ4n) is 1.49. The molecule has 2 nitrogen and oxygen atoms in total. The van der Waals surface area contributed by atoms with E-state index in [1.54, 1.807) is 6.07 Å². The molecule has 1 saturated heterocycles. The predicted octanol–water partition coefficient (Wildman–Crippen LogP) is 2.69. The van der Waals surface area contributed by atoms with E-state index in [1.165, 1.54) is 12.1 Å². The third-order valence-corrected chi connectivity index (χ3v) is 2.34. The lowest BCUT2D eigenvalue weighted by atomic mass is 9.94. The second-order valence-electron chi connectivity index (χ2n) is 3.48. The van der Waals surface area contributed by atoms with Gasteiger partial charge in [0.1, 0.15) is 5.75 Å². The summed E-state index contributed by atoms with van der Waals surface area (Å²) in [6.07, 6.45) is -4.61. The molecule has 0 saturated carbocycles. The summed E-state index contributed by atoms with van der Waals surface area (Å²) in [7, 11) is 0. The summed E-state index contributed by atoms with van der Waals surface area (Å²) in [6, 6.07) is 6.14. The van der Waals surface area contributed by atoms with Crippen molar-refractivity contribution in [1.29, 1.82) is 0 Å². The SMILES string of the molecule is Cl.FC(F)(F)Oc1cccc(C2CNC2)c1. The van der Waals surface area contributed by atoms with Crippen molar-refractivity contribution in [2.75, 3.05) is 13.1 Å². The largest absolute Gasteiger partial charge is 0.573 e. The Morgan fingerprint density at radius 1 is 1.25 bits per heavy atom. The molecular weight excluding hydrogens is 243 g/mol. The maximum absolute atomic E-state index is 11.9. The van der Waals surface area contributed by atoms with Gasteiger partial charge in [0.2, 0.25) is 0 Å². The van der Waals surface area contributed by atoms with Crippen molar-refractivity contribution < 1.29 is 17.9 Å². The van der Waals surface area contributed by atoms with Crippen LogP contribution in [0.1, 0.15) is 11.5 Å². The highest BCUT2D eigenvalue weighted by atomic mass is 35.5. The predicted molar refractivity (Wildman–Crippen MR) is 56.0 cm³/mol. The quantitative estimate of drug-likeness (QED) is 0.875. The van der Waals surface area contributed by atoms with Crippen LogP contribution in [0.2, 0.25) is 0 Å². The van der Waals surface area contributed by atoms with Crippen LogP contribution in [0, 0.1) is 0 Å². The first-order valence-electron chi connectivity index (χ1n) is 4.61.